The number of carbonyl (C=O) groups excluding carboxylic acids is 2. The maximum absolute atomic E-state index is 12.2. The molecule has 0 aliphatic rings. The Kier molecular flexibility index (Phi) is 5.33. The summed E-state index contributed by atoms with van der Waals surface area (Å²) < 4.78 is 10.5. The molecule has 0 amide bonds. The summed E-state index contributed by atoms with van der Waals surface area (Å²) in [5.41, 5.74) is 1.40. The van der Waals surface area contributed by atoms with E-state index >= 15 is 0 Å². The van der Waals surface area contributed by atoms with Crippen LogP contribution in [0.3, 0.4) is 0 Å². The molecule has 2 aromatic carbocycles. The van der Waals surface area contributed by atoms with E-state index in [4.69, 9.17) is 9.47 Å². The Hall–Kier alpha value is -2.14. The highest BCUT2D eigenvalue weighted by Crippen LogP contribution is 2.28. The fourth-order valence-electron chi connectivity index (χ4n) is 1.74. The number of para-hydroxylation sites is 2. The molecule has 0 fully saturated rings. The first kappa shape index (κ1) is 16.2. The number of hydrogen-bond donors (Lipinski definition) is 0. The summed E-state index contributed by atoms with van der Waals surface area (Å²) in [6, 6.07) is 13.6. The molecule has 0 bridgehead atoms. The van der Waals surface area contributed by atoms with Gasteiger partial charge in [0.25, 0.3) is 0 Å². The standard InChI is InChI=1S/C17H15BrO4/c1-11-6-5-7-13(10-11)17(20)22-15-9-4-3-8-14(15)21-16(19)12(2)18/h3-10,12H,1-2H3. The van der Waals surface area contributed by atoms with Gasteiger partial charge in [0.15, 0.2) is 11.5 Å². The Balaban J connectivity index is 2.19. The molecular weight excluding hydrogens is 348 g/mol. The number of ether oxygens (including phenoxy) is 2. The quantitative estimate of drug-likeness (QED) is 0.470. The first-order valence-corrected chi connectivity index (χ1v) is 7.62. The topological polar surface area (TPSA) is 52.6 Å². The highest BCUT2D eigenvalue weighted by molar-refractivity contribution is 9.10. The van der Waals surface area contributed by atoms with Crippen molar-refractivity contribution in [3.8, 4) is 11.5 Å². The van der Waals surface area contributed by atoms with Crippen LogP contribution in [0.1, 0.15) is 22.8 Å². The van der Waals surface area contributed by atoms with Gasteiger partial charge in [-0.2, -0.15) is 0 Å². The molecule has 0 aliphatic carbocycles. The molecule has 0 saturated carbocycles. The number of esters is 2. The molecule has 1 unspecified atom stereocenters. The van der Waals surface area contributed by atoms with Crippen LogP contribution in [0.5, 0.6) is 11.5 Å². The lowest BCUT2D eigenvalue weighted by atomic mass is 10.1. The minimum atomic E-state index is -0.501. The predicted molar refractivity (Wildman–Crippen MR) is 86.6 cm³/mol. The fourth-order valence-corrected chi connectivity index (χ4v) is 1.83. The summed E-state index contributed by atoms with van der Waals surface area (Å²) in [4.78, 5) is 23.4. The molecular formula is C17H15BrO4. The molecule has 5 heteroatoms. The lowest BCUT2D eigenvalue weighted by Gasteiger charge is -2.11. The van der Waals surface area contributed by atoms with Gasteiger partial charge in [0.2, 0.25) is 0 Å². The largest absolute Gasteiger partial charge is 0.422 e. The number of halogens is 1. The van der Waals surface area contributed by atoms with Crippen LogP contribution >= 0.6 is 15.9 Å². The van der Waals surface area contributed by atoms with Crippen LogP contribution in [-0.2, 0) is 4.79 Å². The fraction of sp³-hybridized carbons (Fsp3) is 0.176. The van der Waals surface area contributed by atoms with Crippen molar-refractivity contribution in [3.05, 3.63) is 59.7 Å². The van der Waals surface area contributed by atoms with Crippen molar-refractivity contribution >= 4 is 27.9 Å². The Morgan fingerprint density at radius 2 is 1.64 bits per heavy atom. The number of carbonyl (C=O) groups is 2. The zero-order chi connectivity index (χ0) is 16.1. The third kappa shape index (κ3) is 4.18. The molecule has 0 aromatic heterocycles. The van der Waals surface area contributed by atoms with Gasteiger partial charge in [0.1, 0.15) is 4.83 Å². The van der Waals surface area contributed by atoms with Gasteiger partial charge < -0.3 is 9.47 Å². The number of rotatable bonds is 4. The van der Waals surface area contributed by atoms with Gasteiger partial charge in [0, 0.05) is 0 Å². The second-order valence-corrected chi connectivity index (χ2v) is 6.12. The molecule has 22 heavy (non-hydrogen) atoms. The van der Waals surface area contributed by atoms with Gasteiger partial charge in [-0.3, -0.25) is 4.79 Å². The van der Waals surface area contributed by atoms with E-state index in [1.54, 1.807) is 49.4 Å². The molecule has 0 spiro atoms. The SMILES string of the molecule is Cc1cccc(C(=O)Oc2ccccc2OC(=O)C(C)Br)c1. The van der Waals surface area contributed by atoms with Crippen molar-refractivity contribution < 1.29 is 19.1 Å². The smallest absolute Gasteiger partial charge is 0.343 e. The lowest BCUT2D eigenvalue weighted by molar-refractivity contribution is -0.133. The molecule has 114 valence electrons. The van der Waals surface area contributed by atoms with Gasteiger partial charge in [0.05, 0.1) is 5.56 Å². The molecule has 0 aliphatic heterocycles. The van der Waals surface area contributed by atoms with Crippen LogP contribution in [-0.4, -0.2) is 16.8 Å². The lowest BCUT2D eigenvalue weighted by Crippen LogP contribution is -2.18. The Bertz CT molecular complexity index is 695. The van der Waals surface area contributed by atoms with Crippen molar-refractivity contribution in [2.45, 2.75) is 18.7 Å². The second-order valence-electron chi connectivity index (χ2n) is 4.74. The zero-order valence-corrected chi connectivity index (χ0v) is 13.8. The first-order chi connectivity index (χ1) is 10.5. The van der Waals surface area contributed by atoms with Crippen molar-refractivity contribution in [1.29, 1.82) is 0 Å². The van der Waals surface area contributed by atoms with E-state index in [-0.39, 0.29) is 11.5 Å². The van der Waals surface area contributed by atoms with E-state index in [2.05, 4.69) is 15.9 Å². The maximum atomic E-state index is 12.2. The minimum Gasteiger partial charge on any atom is -0.422 e. The molecule has 0 N–H and O–H groups in total. The third-order valence-corrected chi connectivity index (χ3v) is 3.21. The number of aryl methyl sites for hydroxylation is 1. The number of benzene rings is 2. The molecule has 0 saturated heterocycles. The van der Waals surface area contributed by atoms with Crippen LogP contribution < -0.4 is 9.47 Å². The summed E-state index contributed by atoms with van der Waals surface area (Å²) in [6.07, 6.45) is 0. The van der Waals surface area contributed by atoms with Crippen LogP contribution in [0.15, 0.2) is 48.5 Å². The van der Waals surface area contributed by atoms with Crippen LogP contribution in [0, 0.1) is 6.92 Å². The van der Waals surface area contributed by atoms with Crippen LogP contribution in [0.2, 0.25) is 0 Å². The third-order valence-electron chi connectivity index (χ3n) is 2.84. The molecule has 2 aromatic rings. The van der Waals surface area contributed by atoms with Gasteiger partial charge in [-0.25, -0.2) is 4.79 Å². The van der Waals surface area contributed by atoms with Crippen LogP contribution in [0.4, 0.5) is 0 Å². The Morgan fingerprint density at radius 3 is 2.23 bits per heavy atom. The highest BCUT2D eigenvalue weighted by atomic mass is 79.9. The summed E-state index contributed by atoms with van der Waals surface area (Å²) in [6.45, 7) is 3.55. The summed E-state index contributed by atoms with van der Waals surface area (Å²) >= 11 is 3.14. The molecule has 0 heterocycles. The van der Waals surface area contributed by atoms with E-state index in [0.29, 0.717) is 5.56 Å². The second kappa shape index (κ2) is 7.22. The van der Waals surface area contributed by atoms with Gasteiger partial charge in [-0.05, 0) is 38.1 Å². The van der Waals surface area contributed by atoms with E-state index in [1.807, 2.05) is 13.0 Å². The van der Waals surface area contributed by atoms with E-state index in [0.717, 1.165) is 5.56 Å². The molecule has 2 rings (SSSR count). The van der Waals surface area contributed by atoms with E-state index in [1.165, 1.54) is 0 Å². The van der Waals surface area contributed by atoms with E-state index < -0.39 is 16.8 Å². The van der Waals surface area contributed by atoms with Crippen molar-refractivity contribution in [2.75, 3.05) is 0 Å². The molecule has 1 atom stereocenters. The highest BCUT2D eigenvalue weighted by Gasteiger charge is 2.17. The van der Waals surface area contributed by atoms with Gasteiger partial charge in [-0.1, -0.05) is 45.8 Å². The summed E-state index contributed by atoms with van der Waals surface area (Å²) in [5.74, 6) is -0.548. The van der Waals surface area contributed by atoms with Crippen LogP contribution in [0.25, 0.3) is 0 Å². The summed E-state index contributed by atoms with van der Waals surface area (Å²) in [5, 5.41) is 0. The average Bonchev–Trinajstić information content (AvgIpc) is 2.49. The first-order valence-electron chi connectivity index (χ1n) is 6.71. The zero-order valence-electron chi connectivity index (χ0n) is 12.2. The average molecular weight is 363 g/mol. The summed E-state index contributed by atoms with van der Waals surface area (Å²) in [7, 11) is 0. The molecule has 0 radical (unpaired) electrons. The number of alkyl halides is 1. The van der Waals surface area contributed by atoms with Crippen molar-refractivity contribution in [3.63, 3.8) is 0 Å². The van der Waals surface area contributed by atoms with Crippen molar-refractivity contribution in [1.82, 2.24) is 0 Å². The maximum Gasteiger partial charge on any atom is 0.343 e. The predicted octanol–water partition coefficient (Wildman–Crippen LogP) is 3.90. The van der Waals surface area contributed by atoms with Gasteiger partial charge in [-0.15, -0.1) is 0 Å². The molecule has 4 nitrogen and oxygen atoms in total. The van der Waals surface area contributed by atoms with E-state index in [9.17, 15) is 9.59 Å². The van der Waals surface area contributed by atoms with Crippen molar-refractivity contribution in [2.24, 2.45) is 0 Å². The number of hydrogen-bond acceptors (Lipinski definition) is 4. The Labute approximate surface area is 137 Å². The Morgan fingerprint density at radius 1 is 1.00 bits per heavy atom. The monoisotopic (exact) mass is 362 g/mol. The normalized spacial score (nSPS) is 11.6. The minimum absolute atomic E-state index is 0.204. The van der Waals surface area contributed by atoms with Gasteiger partial charge >= 0.3 is 11.9 Å².